The lowest BCUT2D eigenvalue weighted by Crippen LogP contribution is -2.55. The molecule has 0 spiro atoms. The molecule has 0 aromatic heterocycles. The minimum atomic E-state index is -1.73. The van der Waals surface area contributed by atoms with Crippen molar-refractivity contribution in [3.05, 3.63) is 29.8 Å². The Morgan fingerprint density at radius 1 is 1.29 bits per heavy atom. The summed E-state index contributed by atoms with van der Waals surface area (Å²) in [6.07, 6.45) is -0.0838. The zero-order valence-corrected chi connectivity index (χ0v) is 14.6. The third-order valence-electron chi connectivity index (χ3n) is 2.60. The van der Waals surface area contributed by atoms with Crippen LogP contribution >= 0.6 is 47.0 Å². The second kappa shape index (κ2) is 8.03. The number of carbonyl (C=O) groups is 1. The van der Waals surface area contributed by atoms with Crippen molar-refractivity contribution in [2.24, 2.45) is 0 Å². The van der Waals surface area contributed by atoms with Gasteiger partial charge in [-0.05, 0) is 30.3 Å². The van der Waals surface area contributed by atoms with Crippen molar-refractivity contribution in [3.8, 4) is 0 Å². The summed E-state index contributed by atoms with van der Waals surface area (Å²) in [5.41, 5.74) is 1.97. The Kier molecular flexibility index (Phi) is 7.00. The van der Waals surface area contributed by atoms with Crippen LogP contribution in [0.15, 0.2) is 24.3 Å². The average Bonchev–Trinajstić information content (AvgIpc) is 2.37. The summed E-state index contributed by atoms with van der Waals surface area (Å²) in [4.78, 5) is 11.2. The molecule has 0 heterocycles. The van der Waals surface area contributed by atoms with E-state index in [9.17, 15) is 4.79 Å². The van der Waals surface area contributed by atoms with Gasteiger partial charge in [-0.25, -0.2) is 0 Å². The quantitative estimate of drug-likeness (QED) is 0.433. The van der Waals surface area contributed by atoms with Gasteiger partial charge in [-0.2, -0.15) is 0 Å². The zero-order valence-electron chi connectivity index (χ0n) is 11.5. The maximum absolute atomic E-state index is 11.2. The van der Waals surface area contributed by atoms with E-state index in [1.54, 1.807) is 0 Å². The summed E-state index contributed by atoms with van der Waals surface area (Å²) in [5, 5.41) is 8.55. The summed E-state index contributed by atoms with van der Waals surface area (Å²) in [7, 11) is 0. The predicted octanol–water partition coefficient (Wildman–Crippen LogP) is 3.37. The molecule has 0 unspecified atom stereocenters. The monoisotopic (exact) mass is 367 g/mol. The molecule has 0 saturated carbocycles. The van der Waals surface area contributed by atoms with Gasteiger partial charge in [0, 0.05) is 12.6 Å². The number of aryl methyl sites for hydroxylation is 1. The Morgan fingerprint density at radius 2 is 1.90 bits per heavy atom. The van der Waals surface area contributed by atoms with Crippen molar-refractivity contribution >= 4 is 63.7 Å². The molecule has 21 heavy (non-hydrogen) atoms. The van der Waals surface area contributed by atoms with E-state index in [0.29, 0.717) is 0 Å². The highest BCUT2D eigenvalue weighted by atomic mass is 35.6. The molecule has 1 aromatic carbocycles. The van der Waals surface area contributed by atoms with Gasteiger partial charge in [-0.3, -0.25) is 4.79 Å². The topological polar surface area (TPSA) is 53.2 Å². The molecule has 0 aliphatic rings. The molecule has 0 radical (unpaired) electrons. The van der Waals surface area contributed by atoms with E-state index in [4.69, 9.17) is 47.0 Å². The average molecular weight is 369 g/mol. The highest BCUT2D eigenvalue weighted by Gasteiger charge is 2.34. The Balaban J connectivity index is 2.76. The van der Waals surface area contributed by atoms with Crippen LogP contribution in [-0.2, 0) is 11.2 Å². The fourth-order valence-corrected chi connectivity index (χ4v) is 2.20. The number of thiocarbonyl (C=S) groups is 1. The van der Waals surface area contributed by atoms with Crippen LogP contribution < -0.4 is 16.0 Å². The minimum absolute atomic E-state index is 0.251. The molecule has 1 rings (SSSR count). The number of nitrogens with one attached hydrogen (secondary N) is 3. The molecule has 0 saturated heterocycles. The van der Waals surface area contributed by atoms with E-state index in [1.807, 2.05) is 31.2 Å². The lowest BCUT2D eigenvalue weighted by atomic mass is 10.1. The number of alkyl halides is 3. The number of hydrogen-bond donors (Lipinski definition) is 3. The van der Waals surface area contributed by atoms with Crippen LogP contribution in [0.3, 0.4) is 0 Å². The van der Waals surface area contributed by atoms with Gasteiger partial charge in [0.15, 0.2) is 5.11 Å². The lowest BCUT2D eigenvalue weighted by molar-refractivity contribution is -0.119. The zero-order chi connectivity index (χ0) is 16.0. The number of carbonyl (C=O) groups excluding carboxylic acids is 1. The number of amides is 1. The summed E-state index contributed by atoms with van der Waals surface area (Å²) >= 11 is 22.6. The number of benzene rings is 1. The van der Waals surface area contributed by atoms with Gasteiger partial charge in [0.05, 0.1) is 0 Å². The third kappa shape index (κ3) is 6.26. The van der Waals surface area contributed by atoms with E-state index in [2.05, 4.69) is 16.0 Å². The van der Waals surface area contributed by atoms with Crippen LogP contribution in [0.25, 0.3) is 0 Å². The fraction of sp³-hybridized carbons (Fsp3) is 0.385. The smallest absolute Gasteiger partial charge is 0.228 e. The molecular formula is C13H16Cl3N3OS. The van der Waals surface area contributed by atoms with Crippen molar-refractivity contribution < 1.29 is 4.79 Å². The standard InChI is InChI=1S/C13H16Cl3N3OS/c1-3-9-6-4-5-7-10(9)18-12(21)19-11(13(14,15)16)17-8(2)20/h4-7,11H,3H2,1-2H3,(H,17,20)(H2,18,19,21)/t11-/m0/s1. The fourth-order valence-electron chi connectivity index (χ4n) is 1.64. The van der Waals surface area contributed by atoms with E-state index in [0.717, 1.165) is 17.7 Å². The van der Waals surface area contributed by atoms with Crippen LogP contribution in [0.4, 0.5) is 5.69 Å². The number of halogens is 3. The molecular weight excluding hydrogens is 353 g/mol. The first-order valence-corrected chi connectivity index (χ1v) is 7.77. The predicted molar refractivity (Wildman–Crippen MR) is 93.1 cm³/mol. The molecule has 4 nitrogen and oxygen atoms in total. The van der Waals surface area contributed by atoms with Crippen LogP contribution in [0, 0.1) is 0 Å². The van der Waals surface area contributed by atoms with Crippen molar-refractivity contribution in [1.29, 1.82) is 0 Å². The lowest BCUT2D eigenvalue weighted by Gasteiger charge is -2.27. The van der Waals surface area contributed by atoms with E-state index in [1.165, 1.54) is 6.92 Å². The summed E-state index contributed by atoms with van der Waals surface area (Å²) in [6, 6.07) is 7.73. The van der Waals surface area contributed by atoms with E-state index >= 15 is 0 Å². The molecule has 1 aromatic rings. The first-order chi connectivity index (χ1) is 9.74. The van der Waals surface area contributed by atoms with Crippen molar-refractivity contribution in [2.45, 2.75) is 30.2 Å². The Morgan fingerprint density at radius 3 is 2.43 bits per heavy atom. The molecule has 8 heteroatoms. The van der Waals surface area contributed by atoms with Gasteiger partial charge < -0.3 is 16.0 Å². The second-order valence-corrected chi connectivity index (χ2v) is 7.06. The maximum Gasteiger partial charge on any atom is 0.228 e. The molecule has 0 fully saturated rings. The van der Waals surface area contributed by atoms with Gasteiger partial charge in [0.25, 0.3) is 0 Å². The molecule has 1 amide bonds. The summed E-state index contributed by atoms with van der Waals surface area (Å²) in [6.45, 7) is 3.37. The van der Waals surface area contributed by atoms with Crippen LogP contribution in [0.2, 0.25) is 0 Å². The highest BCUT2D eigenvalue weighted by Crippen LogP contribution is 2.29. The first kappa shape index (κ1) is 18.3. The molecule has 116 valence electrons. The van der Waals surface area contributed by atoms with Crippen molar-refractivity contribution in [3.63, 3.8) is 0 Å². The molecule has 0 bridgehead atoms. The van der Waals surface area contributed by atoms with Crippen molar-refractivity contribution in [1.82, 2.24) is 10.6 Å². The molecule has 0 aliphatic heterocycles. The third-order valence-corrected chi connectivity index (χ3v) is 3.47. The normalized spacial score (nSPS) is 12.4. The second-order valence-electron chi connectivity index (χ2n) is 4.28. The number of para-hydroxylation sites is 1. The maximum atomic E-state index is 11.2. The Hall–Kier alpha value is -0.750. The minimum Gasteiger partial charge on any atom is -0.339 e. The Labute approximate surface area is 144 Å². The number of hydrogen-bond acceptors (Lipinski definition) is 2. The van der Waals surface area contributed by atoms with Gasteiger partial charge in [0.2, 0.25) is 9.70 Å². The SMILES string of the molecule is CCc1ccccc1NC(=S)N[C@H](NC(C)=O)C(Cl)(Cl)Cl. The van der Waals surface area contributed by atoms with Crippen LogP contribution in [0.1, 0.15) is 19.4 Å². The van der Waals surface area contributed by atoms with Gasteiger partial charge in [-0.15, -0.1) is 0 Å². The molecule has 3 N–H and O–H groups in total. The molecule has 1 atom stereocenters. The largest absolute Gasteiger partial charge is 0.339 e. The van der Waals surface area contributed by atoms with Gasteiger partial charge >= 0.3 is 0 Å². The van der Waals surface area contributed by atoms with E-state index in [-0.39, 0.29) is 11.0 Å². The van der Waals surface area contributed by atoms with Crippen LogP contribution in [-0.4, -0.2) is 21.0 Å². The van der Waals surface area contributed by atoms with Crippen LogP contribution in [0.5, 0.6) is 0 Å². The Bertz CT molecular complexity index is 520. The van der Waals surface area contributed by atoms with Crippen molar-refractivity contribution in [2.75, 3.05) is 5.32 Å². The number of anilines is 1. The highest BCUT2D eigenvalue weighted by molar-refractivity contribution is 7.80. The van der Waals surface area contributed by atoms with E-state index < -0.39 is 9.96 Å². The molecule has 0 aliphatic carbocycles. The summed E-state index contributed by atoms with van der Waals surface area (Å²) in [5.74, 6) is -0.337. The first-order valence-electron chi connectivity index (χ1n) is 6.23. The van der Waals surface area contributed by atoms with Gasteiger partial charge in [-0.1, -0.05) is 59.9 Å². The van der Waals surface area contributed by atoms with Gasteiger partial charge in [0.1, 0.15) is 6.17 Å². The number of rotatable bonds is 4. The summed E-state index contributed by atoms with van der Waals surface area (Å²) < 4.78 is -1.73.